The molecular weight excluding hydrogens is 242 g/mol. The zero-order chi connectivity index (χ0) is 14.6. The molecule has 0 spiro atoms. The van der Waals surface area contributed by atoms with E-state index in [1.165, 1.54) is 36.8 Å². The maximum Gasteiger partial charge on any atom is 0.0348 e. The Morgan fingerprint density at radius 2 is 1.70 bits per heavy atom. The molecule has 20 heavy (non-hydrogen) atoms. The fraction of sp³-hybridized carbons (Fsp3) is 0.684. The Morgan fingerprint density at radius 1 is 1.10 bits per heavy atom. The van der Waals surface area contributed by atoms with E-state index in [-0.39, 0.29) is 0 Å². The topological polar surface area (TPSA) is 12.0 Å². The maximum absolute atomic E-state index is 3.73. The third kappa shape index (κ3) is 3.85. The van der Waals surface area contributed by atoms with Crippen LogP contribution < -0.4 is 5.32 Å². The van der Waals surface area contributed by atoms with Gasteiger partial charge in [-0.2, -0.15) is 0 Å². The summed E-state index contributed by atoms with van der Waals surface area (Å²) in [6.45, 7) is 10.3. The molecule has 1 fully saturated rings. The summed E-state index contributed by atoms with van der Waals surface area (Å²) >= 11 is 0. The lowest BCUT2D eigenvalue weighted by molar-refractivity contribution is 0.162. The van der Waals surface area contributed by atoms with Gasteiger partial charge in [0.2, 0.25) is 0 Å². The van der Waals surface area contributed by atoms with Gasteiger partial charge in [0.05, 0.1) is 0 Å². The zero-order valence-corrected chi connectivity index (χ0v) is 13.7. The van der Waals surface area contributed by atoms with Crippen LogP contribution in [-0.4, -0.2) is 6.54 Å². The van der Waals surface area contributed by atoms with Gasteiger partial charge in [-0.3, -0.25) is 0 Å². The molecule has 1 N–H and O–H groups in total. The van der Waals surface area contributed by atoms with Gasteiger partial charge in [0, 0.05) is 6.04 Å². The standard InChI is InChI=1S/C19H31N/c1-5-15-7-9-16(10-8-15)18(20-6-2)17-11-13-19(3,4)14-12-17/h7-10,17-18,20H,5-6,11-14H2,1-4H3. The molecule has 0 heterocycles. The molecule has 0 saturated heterocycles. The van der Waals surface area contributed by atoms with Crippen LogP contribution in [0.5, 0.6) is 0 Å². The molecule has 0 amide bonds. The third-order valence-corrected chi connectivity index (χ3v) is 5.03. The molecular formula is C19H31N. The fourth-order valence-corrected chi connectivity index (χ4v) is 3.49. The lowest BCUT2D eigenvalue weighted by atomic mass is 9.70. The Morgan fingerprint density at radius 3 is 2.20 bits per heavy atom. The first-order valence-corrected chi connectivity index (χ1v) is 8.38. The smallest absolute Gasteiger partial charge is 0.0348 e. The average Bonchev–Trinajstić information content (AvgIpc) is 2.45. The van der Waals surface area contributed by atoms with Crippen molar-refractivity contribution in [3.63, 3.8) is 0 Å². The Hall–Kier alpha value is -0.820. The van der Waals surface area contributed by atoms with Crippen molar-refractivity contribution in [2.75, 3.05) is 6.54 Å². The summed E-state index contributed by atoms with van der Waals surface area (Å²) in [6, 6.07) is 9.82. The highest BCUT2D eigenvalue weighted by atomic mass is 14.9. The van der Waals surface area contributed by atoms with Gasteiger partial charge in [0.1, 0.15) is 0 Å². The molecule has 1 aromatic rings. The molecule has 1 nitrogen and oxygen atoms in total. The highest BCUT2D eigenvalue weighted by Gasteiger charge is 2.31. The predicted octanol–water partition coefficient (Wildman–Crippen LogP) is 5.12. The van der Waals surface area contributed by atoms with E-state index in [9.17, 15) is 0 Å². The van der Waals surface area contributed by atoms with Gasteiger partial charge in [-0.15, -0.1) is 0 Å². The summed E-state index contributed by atoms with van der Waals surface area (Å²) in [5.74, 6) is 0.801. The summed E-state index contributed by atoms with van der Waals surface area (Å²) in [4.78, 5) is 0. The van der Waals surface area contributed by atoms with Crippen LogP contribution in [0.25, 0.3) is 0 Å². The SMILES string of the molecule is CCNC(c1ccc(CC)cc1)C1CCC(C)(C)CC1. The van der Waals surface area contributed by atoms with Gasteiger partial charge >= 0.3 is 0 Å². The zero-order valence-electron chi connectivity index (χ0n) is 13.7. The van der Waals surface area contributed by atoms with Gasteiger partial charge in [-0.1, -0.05) is 52.0 Å². The third-order valence-electron chi connectivity index (χ3n) is 5.03. The second-order valence-electron chi connectivity index (χ2n) is 7.13. The van der Waals surface area contributed by atoms with E-state index < -0.39 is 0 Å². The van der Waals surface area contributed by atoms with E-state index in [0.717, 1.165) is 18.9 Å². The van der Waals surface area contributed by atoms with Crippen LogP contribution in [0.3, 0.4) is 0 Å². The van der Waals surface area contributed by atoms with Gasteiger partial charge in [-0.05, 0) is 61.1 Å². The van der Waals surface area contributed by atoms with E-state index in [1.54, 1.807) is 0 Å². The van der Waals surface area contributed by atoms with Crippen molar-refractivity contribution in [1.82, 2.24) is 5.32 Å². The molecule has 0 aromatic heterocycles. The summed E-state index contributed by atoms with van der Waals surface area (Å²) in [6.07, 6.45) is 6.59. The normalized spacial score (nSPS) is 20.8. The molecule has 1 aliphatic carbocycles. The first-order chi connectivity index (χ1) is 9.55. The monoisotopic (exact) mass is 273 g/mol. The van der Waals surface area contributed by atoms with Gasteiger partial charge < -0.3 is 5.32 Å². The molecule has 1 aliphatic rings. The number of hydrogen-bond acceptors (Lipinski definition) is 1. The maximum atomic E-state index is 3.73. The first kappa shape index (κ1) is 15.6. The molecule has 1 saturated carbocycles. The second kappa shape index (κ2) is 6.76. The van der Waals surface area contributed by atoms with Crippen molar-refractivity contribution in [1.29, 1.82) is 0 Å². The Bertz CT molecular complexity index is 394. The number of hydrogen-bond donors (Lipinski definition) is 1. The summed E-state index contributed by atoms with van der Waals surface area (Å²) < 4.78 is 0. The van der Waals surface area contributed by atoms with Crippen molar-refractivity contribution in [3.05, 3.63) is 35.4 Å². The highest BCUT2D eigenvalue weighted by molar-refractivity contribution is 5.25. The van der Waals surface area contributed by atoms with Crippen LogP contribution in [0.4, 0.5) is 0 Å². The van der Waals surface area contributed by atoms with Crippen LogP contribution in [0, 0.1) is 11.3 Å². The average molecular weight is 273 g/mol. The van der Waals surface area contributed by atoms with Crippen molar-refractivity contribution < 1.29 is 0 Å². The van der Waals surface area contributed by atoms with Gasteiger partial charge in [0.15, 0.2) is 0 Å². The van der Waals surface area contributed by atoms with E-state index in [4.69, 9.17) is 0 Å². The van der Waals surface area contributed by atoms with Crippen molar-refractivity contribution in [2.45, 2.75) is 65.8 Å². The lowest BCUT2D eigenvalue weighted by Crippen LogP contribution is -2.32. The number of nitrogens with one attached hydrogen (secondary N) is 1. The predicted molar refractivity (Wildman–Crippen MR) is 88.0 cm³/mol. The Kier molecular flexibility index (Phi) is 5.26. The van der Waals surface area contributed by atoms with E-state index in [2.05, 4.69) is 57.3 Å². The molecule has 1 heteroatoms. The number of benzene rings is 1. The van der Waals surface area contributed by atoms with Crippen LogP contribution in [0.15, 0.2) is 24.3 Å². The van der Waals surface area contributed by atoms with Crippen LogP contribution >= 0.6 is 0 Å². The molecule has 1 atom stereocenters. The summed E-state index contributed by atoms with van der Waals surface area (Å²) in [5.41, 5.74) is 3.47. The van der Waals surface area contributed by atoms with Crippen molar-refractivity contribution in [3.8, 4) is 0 Å². The second-order valence-corrected chi connectivity index (χ2v) is 7.13. The first-order valence-electron chi connectivity index (χ1n) is 8.38. The van der Waals surface area contributed by atoms with E-state index in [0.29, 0.717) is 11.5 Å². The molecule has 112 valence electrons. The molecule has 1 aromatic carbocycles. The van der Waals surface area contributed by atoms with Crippen LogP contribution in [0.1, 0.15) is 70.5 Å². The fourth-order valence-electron chi connectivity index (χ4n) is 3.49. The molecule has 2 rings (SSSR count). The molecule has 1 unspecified atom stereocenters. The van der Waals surface area contributed by atoms with Crippen LogP contribution in [0.2, 0.25) is 0 Å². The lowest BCUT2D eigenvalue weighted by Gasteiger charge is -2.38. The summed E-state index contributed by atoms with van der Waals surface area (Å²) in [5, 5.41) is 3.73. The minimum Gasteiger partial charge on any atom is -0.310 e. The molecule has 0 radical (unpaired) electrons. The van der Waals surface area contributed by atoms with Gasteiger partial charge in [0.25, 0.3) is 0 Å². The van der Waals surface area contributed by atoms with Crippen LogP contribution in [-0.2, 0) is 6.42 Å². The number of aryl methyl sites for hydroxylation is 1. The number of rotatable bonds is 5. The van der Waals surface area contributed by atoms with Crippen molar-refractivity contribution in [2.24, 2.45) is 11.3 Å². The Labute approximate surface area is 125 Å². The van der Waals surface area contributed by atoms with E-state index in [1.807, 2.05) is 0 Å². The van der Waals surface area contributed by atoms with Crippen molar-refractivity contribution >= 4 is 0 Å². The largest absolute Gasteiger partial charge is 0.310 e. The Balaban J connectivity index is 2.10. The van der Waals surface area contributed by atoms with Gasteiger partial charge in [-0.25, -0.2) is 0 Å². The molecule has 0 aliphatic heterocycles. The minimum absolute atomic E-state index is 0.544. The summed E-state index contributed by atoms with van der Waals surface area (Å²) in [7, 11) is 0. The molecule has 0 bridgehead atoms. The highest BCUT2D eigenvalue weighted by Crippen LogP contribution is 2.42. The van der Waals surface area contributed by atoms with E-state index >= 15 is 0 Å². The quantitative estimate of drug-likeness (QED) is 0.785. The minimum atomic E-state index is 0.544.